The summed E-state index contributed by atoms with van der Waals surface area (Å²) in [6.07, 6.45) is 0. The Labute approximate surface area is 123 Å². The van der Waals surface area contributed by atoms with Gasteiger partial charge in [-0.25, -0.2) is 4.79 Å². The van der Waals surface area contributed by atoms with Gasteiger partial charge in [-0.05, 0) is 23.8 Å². The molecule has 0 radical (unpaired) electrons. The van der Waals surface area contributed by atoms with E-state index in [0.717, 1.165) is 18.8 Å². The summed E-state index contributed by atoms with van der Waals surface area (Å²) in [5.74, 6) is 0.110. The van der Waals surface area contributed by atoms with E-state index in [2.05, 4.69) is 17.0 Å². The molecule has 0 bridgehead atoms. The summed E-state index contributed by atoms with van der Waals surface area (Å²) in [5.41, 5.74) is 2.36. The number of carbonyl (C=O) groups is 1. The minimum absolute atomic E-state index is 0.292. The molecule has 0 unspecified atom stereocenters. The molecular weight excluding hydrogens is 266 g/mol. The number of aromatic carboxylic acids is 1. The molecule has 0 atom stereocenters. The Hall–Kier alpha value is -2.49. The van der Waals surface area contributed by atoms with E-state index >= 15 is 0 Å². The summed E-state index contributed by atoms with van der Waals surface area (Å²) >= 11 is 0. The number of rotatable bonds is 4. The number of nitrogens with zero attached hydrogens (tertiary/aromatic N) is 1. The fraction of sp³-hybridized carbons (Fsp3) is 0.235. The number of methoxy groups -OCH3 is 1. The molecular formula is C17H17NO3. The lowest BCUT2D eigenvalue weighted by atomic mass is 9.90. The molecule has 3 rings (SSSR count). The minimum atomic E-state index is -0.924. The van der Waals surface area contributed by atoms with Crippen LogP contribution in [0.25, 0.3) is 0 Å². The third kappa shape index (κ3) is 2.57. The summed E-state index contributed by atoms with van der Waals surface area (Å²) in [6, 6.07) is 15.5. The van der Waals surface area contributed by atoms with Gasteiger partial charge in [0, 0.05) is 19.0 Å². The Kier molecular flexibility index (Phi) is 3.52. The Bertz CT molecular complexity index is 648. The van der Waals surface area contributed by atoms with Gasteiger partial charge in [0.2, 0.25) is 0 Å². The van der Waals surface area contributed by atoms with Crippen molar-refractivity contribution in [2.75, 3.05) is 25.1 Å². The van der Waals surface area contributed by atoms with E-state index in [0.29, 0.717) is 17.2 Å². The number of ether oxygens (including phenoxy) is 1. The normalized spacial score (nSPS) is 14.6. The lowest BCUT2D eigenvalue weighted by molar-refractivity contribution is 0.0697. The van der Waals surface area contributed by atoms with Gasteiger partial charge in [-0.2, -0.15) is 0 Å². The first-order valence-electron chi connectivity index (χ1n) is 6.90. The van der Waals surface area contributed by atoms with Gasteiger partial charge in [-0.3, -0.25) is 0 Å². The summed E-state index contributed by atoms with van der Waals surface area (Å²) in [4.78, 5) is 13.5. The summed E-state index contributed by atoms with van der Waals surface area (Å²) in [6.45, 7) is 1.69. The lowest BCUT2D eigenvalue weighted by Crippen LogP contribution is -2.45. The van der Waals surface area contributed by atoms with Crippen molar-refractivity contribution < 1.29 is 14.6 Å². The number of hydrogen-bond donors (Lipinski definition) is 1. The fourth-order valence-corrected chi connectivity index (χ4v) is 2.70. The molecule has 1 aliphatic rings. The predicted molar refractivity (Wildman–Crippen MR) is 81.3 cm³/mol. The molecule has 4 heteroatoms. The Balaban J connectivity index is 1.79. The van der Waals surface area contributed by atoms with E-state index in [9.17, 15) is 9.90 Å². The van der Waals surface area contributed by atoms with Gasteiger partial charge in [-0.15, -0.1) is 0 Å². The SMILES string of the molecule is COc1ccc(N2CC(c3ccccc3)C2)c(C(=O)O)c1. The van der Waals surface area contributed by atoms with E-state index in [1.54, 1.807) is 12.1 Å². The predicted octanol–water partition coefficient (Wildman–Crippen LogP) is 3.00. The first kappa shape index (κ1) is 13.5. The molecule has 0 saturated carbocycles. The van der Waals surface area contributed by atoms with Crippen LogP contribution in [0.15, 0.2) is 48.5 Å². The third-order valence-corrected chi connectivity index (χ3v) is 3.93. The van der Waals surface area contributed by atoms with Crippen LogP contribution in [0.2, 0.25) is 0 Å². The minimum Gasteiger partial charge on any atom is -0.497 e. The van der Waals surface area contributed by atoms with Gasteiger partial charge in [0.15, 0.2) is 0 Å². The van der Waals surface area contributed by atoms with Crippen molar-refractivity contribution in [2.24, 2.45) is 0 Å². The molecule has 0 spiro atoms. The smallest absolute Gasteiger partial charge is 0.337 e. The van der Waals surface area contributed by atoms with Crippen molar-refractivity contribution in [3.05, 3.63) is 59.7 Å². The van der Waals surface area contributed by atoms with Crippen LogP contribution >= 0.6 is 0 Å². The first-order chi connectivity index (χ1) is 10.2. The summed E-state index contributed by atoms with van der Waals surface area (Å²) < 4.78 is 5.10. The molecule has 0 aromatic heterocycles. The molecule has 0 aliphatic carbocycles. The molecule has 4 nitrogen and oxygen atoms in total. The number of anilines is 1. The monoisotopic (exact) mass is 283 g/mol. The number of benzene rings is 2. The standard InChI is InChI=1S/C17H17NO3/c1-21-14-7-8-16(15(9-14)17(19)20)18-10-13(11-18)12-5-3-2-4-6-12/h2-9,13H,10-11H2,1H3,(H,19,20). The van der Waals surface area contributed by atoms with Crippen molar-refractivity contribution >= 4 is 11.7 Å². The highest BCUT2D eigenvalue weighted by atomic mass is 16.5. The quantitative estimate of drug-likeness (QED) is 0.937. The highest BCUT2D eigenvalue weighted by molar-refractivity contribution is 5.95. The second-order valence-electron chi connectivity index (χ2n) is 5.20. The maximum absolute atomic E-state index is 11.4. The van der Waals surface area contributed by atoms with E-state index in [1.807, 2.05) is 24.3 Å². The largest absolute Gasteiger partial charge is 0.497 e. The third-order valence-electron chi connectivity index (χ3n) is 3.93. The maximum atomic E-state index is 11.4. The second kappa shape index (κ2) is 5.48. The van der Waals surface area contributed by atoms with Crippen LogP contribution in [0.5, 0.6) is 5.75 Å². The zero-order chi connectivity index (χ0) is 14.8. The fourth-order valence-electron chi connectivity index (χ4n) is 2.70. The molecule has 1 saturated heterocycles. The molecule has 2 aromatic carbocycles. The molecule has 108 valence electrons. The second-order valence-corrected chi connectivity index (χ2v) is 5.20. The Morgan fingerprint density at radius 2 is 1.90 bits per heavy atom. The average molecular weight is 283 g/mol. The summed E-state index contributed by atoms with van der Waals surface area (Å²) in [7, 11) is 1.54. The van der Waals surface area contributed by atoms with E-state index in [1.165, 1.54) is 12.7 Å². The van der Waals surface area contributed by atoms with Crippen molar-refractivity contribution in [3.63, 3.8) is 0 Å². The van der Waals surface area contributed by atoms with Gasteiger partial charge >= 0.3 is 5.97 Å². The van der Waals surface area contributed by atoms with Crippen LogP contribution in [0.1, 0.15) is 21.8 Å². The van der Waals surface area contributed by atoms with E-state index in [-0.39, 0.29) is 0 Å². The van der Waals surface area contributed by atoms with Crippen LogP contribution < -0.4 is 9.64 Å². The van der Waals surface area contributed by atoms with Crippen molar-refractivity contribution in [3.8, 4) is 5.75 Å². The first-order valence-corrected chi connectivity index (χ1v) is 6.90. The number of carboxylic acids is 1. The Morgan fingerprint density at radius 3 is 2.52 bits per heavy atom. The molecule has 1 N–H and O–H groups in total. The van der Waals surface area contributed by atoms with Gasteiger partial charge in [0.1, 0.15) is 5.75 Å². The topological polar surface area (TPSA) is 49.8 Å². The van der Waals surface area contributed by atoms with Crippen LogP contribution in [0, 0.1) is 0 Å². The average Bonchev–Trinajstić information content (AvgIpc) is 2.47. The van der Waals surface area contributed by atoms with Crippen LogP contribution in [-0.4, -0.2) is 31.3 Å². The van der Waals surface area contributed by atoms with Gasteiger partial charge in [-0.1, -0.05) is 30.3 Å². The van der Waals surface area contributed by atoms with Crippen LogP contribution in [-0.2, 0) is 0 Å². The van der Waals surface area contributed by atoms with Gasteiger partial charge in [0.25, 0.3) is 0 Å². The zero-order valence-corrected chi connectivity index (χ0v) is 11.8. The van der Waals surface area contributed by atoms with Gasteiger partial charge in [0.05, 0.1) is 18.4 Å². The molecule has 21 heavy (non-hydrogen) atoms. The molecule has 1 heterocycles. The van der Waals surface area contributed by atoms with Crippen molar-refractivity contribution in [1.82, 2.24) is 0 Å². The molecule has 1 aliphatic heterocycles. The van der Waals surface area contributed by atoms with Crippen molar-refractivity contribution in [2.45, 2.75) is 5.92 Å². The molecule has 1 fully saturated rings. The lowest BCUT2D eigenvalue weighted by Gasteiger charge is -2.42. The van der Waals surface area contributed by atoms with E-state index < -0.39 is 5.97 Å². The highest BCUT2D eigenvalue weighted by Crippen LogP contribution is 2.34. The van der Waals surface area contributed by atoms with Crippen molar-refractivity contribution in [1.29, 1.82) is 0 Å². The Morgan fingerprint density at radius 1 is 1.19 bits per heavy atom. The number of carboxylic acid groups (broad SMARTS) is 1. The maximum Gasteiger partial charge on any atom is 0.337 e. The number of hydrogen-bond acceptors (Lipinski definition) is 3. The molecule has 0 amide bonds. The highest BCUT2D eigenvalue weighted by Gasteiger charge is 2.30. The zero-order valence-electron chi connectivity index (χ0n) is 11.8. The summed E-state index contributed by atoms with van der Waals surface area (Å²) in [5, 5.41) is 9.35. The van der Waals surface area contributed by atoms with E-state index in [4.69, 9.17) is 4.74 Å². The van der Waals surface area contributed by atoms with Gasteiger partial charge < -0.3 is 14.7 Å². The molecule has 2 aromatic rings. The van der Waals surface area contributed by atoms with Crippen LogP contribution in [0.4, 0.5) is 5.69 Å². The van der Waals surface area contributed by atoms with Crippen LogP contribution in [0.3, 0.4) is 0 Å².